The average Bonchev–Trinajstić information content (AvgIpc) is 3.00. The van der Waals surface area contributed by atoms with Crippen molar-refractivity contribution in [1.29, 1.82) is 0 Å². The van der Waals surface area contributed by atoms with E-state index in [4.69, 9.17) is 0 Å². The molecule has 0 saturated carbocycles. The maximum absolute atomic E-state index is 13.7. The van der Waals surface area contributed by atoms with Gasteiger partial charge in [0.1, 0.15) is 11.9 Å². The highest BCUT2D eigenvalue weighted by Gasteiger charge is 2.20. The van der Waals surface area contributed by atoms with Crippen molar-refractivity contribution in [3.63, 3.8) is 0 Å². The highest BCUT2D eigenvalue weighted by molar-refractivity contribution is 5.92. The Balaban J connectivity index is 2.17. The molecule has 18 heavy (non-hydrogen) atoms. The Morgan fingerprint density at radius 3 is 2.89 bits per heavy atom. The van der Waals surface area contributed by atoms with Crippen molar-refractivity contribution < 1.29 is 9.50 Å². The summed E-state index contributed by atoms with van der Waals surface area (Å²) >= 11 is 0. The molecule has 1 N–H and O–H groups in total. The van der Waals surface area contributed by atoms with Crippen molar-refractivity contribution in [3.05, 3.63) is 53.7 Å². The summed E-state index contributed by atoms with van der Waals surface area (Å²) in [6, 6.07) is 6.55. The third kappa shape index (κ3) is 1.57. The van der Waals surface area contributed by atoms with Crippen LogP contribution in [0.25, 0.3) is 5.52 Å². The van der Waals surface area contributed by atoms with E-state index in [0.717, 1.165) is 5.69 Å². The number of aliphatic hydroxyl groups is 1. The number of hydrogen-bond donors (Lipinski definition) is 1. The molecule has 0 radical (unpaired) electrons. The van der Waals surface area contributed by atoms with Crippen LogP contribution in [-0.4, -0.2) is 15.2 Å². The van der Waals surface area contributed by atoms with Crippen LogP contribution in [0.4, 0.5) is 4.39 Å². The summed E-state index contributed by atoms with van der Waals surface area (Å²) in [6.45, 7) is 1.89. The number of fused-ring (bicyclic) bond motifs is 1. The van der Waals surface area contributed by atoms with Crippen LogP contribution < -0.4 is 0 Å². The summed E-state index contributed by atoms with van der Waals surface area (Å²) in [5.41, 5.74) is 2.72. The fourth-order valence-electron chi connectivity index (χ4n) is 2.33. The lowest BCUT2D eigenvalue weighted by Gasteiger charge is -2.15. The summed E-state index contributed by atoms with van der Waals surface area (Å²) in [4.78, 5) is 4.13. The van der Waals surface area contributed by atoms with E-state index in [9.17, 15) is 9.50 Å². The van der Waals surface area contributed by atoms with Crippen molar-refractivity contribution in [1.82, 2.24) is 4.40 Å². The first kappa shape index (κ1) is 11.2. The first-order valence-corrected chi connectivity index (χ1v) is 5.84. The largest absolute Gasteiger partial charge is 0.381 e. The molecule has 0 aromatic carbocycles. The van der Waals surface area contributed by atoms with Crippen molar-refractivity contribution in [2.75, 3.05) is 0 Å². The van der Waals surface area contributed by atoms with Gasteiger partial charge in [0.15, 0.2) is 0 Å². The van der Waals surface area contributed by atoms with Crippen LogP contribution >= 0.6 is 0 Å². The minimum Gasteiger partial charge on any atom is -0.381 e. The van der Waals surface area contributed by atoms with Gasteiger partial charge in [-0.2, -0.15) is 0 Å². The van der Waals surface area contributed by atoms with E-state index in [-0.39, 0.29) is 5.82 Å². The van der Waals surface area contributed by atoms with E-state index in [2.05, 4.69) is 4.99 Å². The number of rotatable bonds is 2. The van der Waals surface area contributed by atoms with Crippen LogP contribution in [-0.2, 0) is 0 Å². The maximum atomic E-state index is 13.7. The van der Waals surface area contributed by atoms with Crippen LogP contribution in [0.5, 0.6) is 0 Å². The number of hydrogen-bond acceptors (Lipinski definition) is 2. The molecule has 1 aliphatic heterocycles. The molecule has 3 heterocycles. The Morgan fingerprint density at radius 1 is 1.33 bits per heavy atom. The van der Waals surface area contributed by atoms with Gasteiger partial charge in [-0.1, -0.05) is 6.08 Å². The standard InChI is InChI=1S/C14H13FN2O/c1-9-4-6-12-10(15)5-7-13(17(9)12)14(18)11-3-2-8-16-11/h2,4-8,14,18H,3H2,1H3. The van der Waals surface area contributed by atoms with Gasteiger partial charge in [-0.15, -0.1) is 0 Å². The van der Waals surface area contributed by atoms with E-state index < -0.39 is 6.10 Å². The number of nitrogens with zero attached hydrogens (tertiary/aromatic N) is 2. The smallest absolute Gasteiger partial charge is 0.147 e. The molecule has 0 aliphatic carbocycles. The number of allylic oxidation sites excluding steroid dienone is 1. The molecular formula is C14H13FN2O. The third-order valence-corrected chi connectivity index (χ3v) is 3.25. The van der Waals surface area contributed by atoms with Gasteiger partial charge >= 0.3 is 0 Å². The first-order chi connectivity index (χ1) is 8.68. The monoisotopic (exact) mass is 244 g/mol. The molecule has 2 aromatic heterocycles. The Kier molecular flexibility index (Phi) is 2.52. The van der Waals surface area contributed by atoms with Crippen molar-refractivity contribution in [2.24, 2.45) is 4.99 Å². The van der Waals surface area contributed by atoms with Gasteiger partial charge in [-0.25, -0.2) is 4.39 Å². The zero-order chi connectivity index (χ0) is 12.7. The summed E-state index contributed by atoms with van der Waals surface area (Å²) in [5.74, 6) is -0.287. The fourth-order valence-corrected chi connectivity index (χ4v) is 2.33. The van der Waals surface area contributed by atoms with Crippen LogP contribution in [0.3, 0.4) is 0 Å². The zero-order valence-corrected chi connectivity index (χ0v) is 9.97. The van der Waals surface area contributed by atoms with E-state index in [1.54, 1.807) is 22.7 Å². The Morgan fingerprint density at radius 2 is 2.17 bits per heavy atom. The number of aromatic nitrogens is 1. The molecule has 0 bridgehead atoms. The number of aliphatic hydroxyl groups excluding tert-OH is 1. The lowest BCUT2D eigenvalue weighted by molar-refractivity contribution is 0.239. The minimum atomic E-state index is -0.797. The van der Waals surface area contributed by atoms with Crippen LogP contribution in [0.1, 0.15) is 23.9 Å². The molecule has 0 saturated heterocycles. The Labute approximate surface area is 104 Å². The SMILES string of the molecule is Cc1ccc2c(F)ccc(C(O)C3=NC=CC3)n12. The average molecular weight is 244 g/mol. The van der Waals surface area contributed by atoms with Crippen LogP contribution in [0.15, 0.2) is 41.5 Å². The number of halogens is 1. The van der Waals surface area contributed by atoms with Crippen LogP contribution in [0.2, 0.25) is 0 Å². The quantitative estimate of drug-likeness (QED) is 0.866. The Bertz CT molecular complexity index is 670. The molecule has 1 unspecified atom stereocenters. The first-order valence-electron chi connectivity index (χ1n) is 5.84. The second kappa shape index (κ2) is 4.07. The van der Waals surface area contributed by atoms with Crippen molar-refractivity contribution in [2.45, 2.75) is 19.4 Å². The maximum Gasteiger partial charge on any atom is 0.147 e. The van der Waals surface area contributed by atoms with Gasteiger partial charge in [0, 0.05) is 18.3 Å². The number of aryl methyl sites for hydroxylation is 1. The normalized spacial score (nSPS) is 16.3. The van der Waals surface area contributed by atoms with E-state index in [0.29, 0.717) is 23.3 Å². The molecule has 0 fully saturated rings. The summed E-state index contributed by atoms with van der Waals surface area (Å²) < 4.78 is 15.4. The Hall–Kier alpha value is -1.94. The molecule has 1 atom stereocenters. The molecule has 3 rings (SSSR count). The highest BCUT2D eigenvalue weighted by atomic mass is 19.1. The van der Waals surface area contributed by atoms with E-state index >= 15 is 0 Å². The highest BCUT2D eigenvalue weighted by Crippen LogP contribution is 2.24. The summed E-state index contributed by atoms with van der Waals surface area (Å²) in [6.07, 6.45) is 3.42. The fraction of sp³-hybridized carbons (Fsp3) is 0.214. The third-order valence-electron chi connectivity index (χ3n) is 3.25. The summed E-state index contributed by atoms with van der Waals surface area (Å²) in [7, 11) is 0. The molecular weight excluding hydrogens is 231 g/mol. The summed E-state index contributed by atoms with van der Waals surface area (Å²) in [5, 5.41) is 10.3. The van der Waals surface area contributed by atoms with Gasteiger partial charge in [0.05, 0.1) is 16.9 Å². The number of aliphatic imine (C=N–C) groups is 1. The van der Waals surface area contributed by atoms with E-state index in [1.165, 1.54) is 6.07 Å². The molecule has 92 valence electrons. The number of pyridine rings is 1. The van der Waals surface area contributed by atoms with Crippen molar-refractivity contribution in [3.8, 4) is 0 Å². The second-order valence-corrected chi connectivity index (χ2v) is 4.41. The van der Waals surface area contributed by atoms with Gasteiger partial charge < -0.3 is 9.51 Å². The molecule has 0 spiro atoms. The van der Waals surface area contributed by atoms with Gasteiger partial charge in [-0.3, -0.25) is 4.99 Å². The minimum absolute atomic E-state index is 0.287. The van der Waals surface area contributed by atoms with Gasteiger partial charge in [-0.05, 0) is 31.2 Å². The molecule has 2 aromatic rings. The zero-order valence-electron chi connectivity index (χ0n) is 9.97. The topological polar surface area (TPSA) is 37.0 Å². The van der Waals surface area contributed by atoms with Crippen molar-refractivity contribution >= 4 is 11.2 Å². The molecule has 0 amide bonds. The second-order valence-electron chi connectivity index (χ2n) is 4.41. The predicted octanol–water partition coefficient (Wildman–Crippen LogP) is 2.78. The lowest BCUT2D eigenvalue weighted by Crippen LogP contribution is -2.14. The van der Waals surface area contributed by atoms with Gasteiger partial charge in [0.2, 0.25) is 0 Å². The predicted molar refractivity (Wildman–Crippen MR) is 68.2 cm³/mol. The van der Waals surface area contributed by atoms with E-state index in [1.807, 2.05) is 19.1 Å². The molecule has 1 aliphatic rings. The van der Waals surface area contributed by atoms with Crippen LogP contribution in [0, 0.1) is 12.7 Å². The van der Waals surface area contributed by atoms with Gasteiger partial charge in [0.25, 0.3) is 0 Å². The lowest BCUT2D eigenvalue weighted by atomic mass is 10.1. The molecule has 4 heteroatoms. The molecule has 3 nitrogen and oxygen atoms in total.